The van der Waals surface area contributed by atoms with Gasteiger partial charge in [-0.15, -0.1) is 0 Å². The van der Waals surface area contributed by atoms with Crippen LogP contribution in [0, 0.1) is 10.5 Å². The minimum Gasteiger partial charge on any atom is -0.254 e. The maximum atomic E-state index is 4.80. The van der Waals surface area contributed by atoms with Gasteiger partial charge >= 0.3 is 0 Å². The minimum atomic E-state index is 1.08. The number of halogens is 1. The first kappa shape index (κ1) is 14.2. The number of pyridine rings is 2. The fourth-order valence-electron chi connectivity index (χ4n) is 3.76. The third kappa shape index (κ3) is 1.66. The molecule has 3 aromatic heterocycles. The zero-order valence-corrected chi connectivity index (χ0v) is 15.6. The van der Waals surface area contributed by atoms with Crippen molar-refractivity contribution >= 4 is 61.1 Å². The highest BCUT2D eigenvalue weighted by Gasteiger charge is 2.24. The molecule has 0 aliphatic heterocycles. The molecule has 3 nitrogen and oxygen atoms in total. The molecule has 0 bridgehead atoms. The molecule has 0 saturated carbocycles. The summed E-state index contributed by atoms with van der Waals surface area (Å²) in [6.45, 7) is 2.19. The molecule has 0 radical (unpaired) electrons. The summed E-state index contributed by atoms with van der Waals surface area (Å²) in [6, 6.07) is 17.1. The Hall–Kier alpha value is -2.21. The zero-order valence-electron chi connectivity index (χ0n) is 13.4. The van der Waals surface area contributed by atoms with Crippen molar-refractivity contribution in [3.05, 3.63) is 63.9 Å². The first-order valence-corrected chi connectivity index (χ1v) is 9.01. The molecule has 0 aliphatic carbocycles. The Balaban J connectivity index is 2.29. The van der Waals surface area contributed by atoms with Gasteiger partial charge < -0.3 is 0 Å². The van der Waals surface area contributed by atoms with Gasteiger partial charge in [0.05, 0.1) is 18.0 Å². The van der Waals surface area contributed by atoms with Crippen molar-refractivity contribution in [1.29, 1.82) is 0 Å². The molecule has 0 N–H and O–H groups in total. The third-order valence-electron chi connectivity index (χ3n) is 4.91. The summed E-state index contributed by atoms with van der Waals surface area (Å²) in [6.07, 6.45) is 1.98. The van der Waals surface area contributed by atoms with E-state index in [4.69, 9.17) is 4.98 Å². The van der Waals surface area contributed by atoms with E-state index in [0.29, 0.717) is 0 Å². The van der Waals surface area contributed by atoms with Gasteiger partial charge in [0.2, 0.25) is 0 Å². The van der Waals surface area contributed by atoms with Crippen LogP contribution in [0.5, 0.6) is 0 Å². The number of hydrogen-bond acceptors (Lipinski definition) is 1. The van der Waals surface area contributed by atoms with Crippen LogP contribution < -0.4 is 4.57 Å². The summed E-state index contributed by atoms with van der Waals surface area (Å²) in [5.74, 6) is 0. The van der Waals surface area contributed by atoms with Crippen LogP contribution >= 0.6 is 22.6 Å². The molecule has 0 amide bonds. The van der Waals surface area contributed by atoms with E-state index in [1.54, 1.807) is 0 Å². The molecule has 0 aliphatic rings. The smallest absolute Gasteiger partial charge is 0.254 e. The standard InChI is InChI=1S/C20H15IN3/c1-12-14(21)11-22-19-13-7-3-4-8-15(13)24-17-10-6-5-9-16(17)23(2)20(24)18(12)19/h3-11H,1-2H3/q+1. The molecule has 5 aromatic rings. The quantitative estimate of drug-likeness (QED) is 0.203. The number of hydrogen-bond donors (Lipinski definition) is 0. The van der Waals surface area contributed by atoms with Crippen LogP contribution in [-0.4, -0.2) is 9.38 Å². The highest BCUT2D eigenvalue weighted by Crippen LogP contribution is 2.33. The topological polar surface area (TPSA) is 21.2 Å². The van der Waals surface area contributed by atoms with Crippen molar-refractivity contribution in [1.82, 2.24) is 9.38 Å². The lowest BCUT2D eigenvalue weighted by atomic mass is 10.1. The first-order chi connectivity index (χ1) is 11.7. The molecule has 2 aromatic carbocycles. The second-order valence-electron chi connectivity index (χ2n) is 6.18. The van der Waals surface area contributed by atoms with Crippen molar-refractivity contribution in [2.75, 3.05) is 0 Å². The zero-order chi connectivity index (χ0) is 16.4. The largest absolute Gasteiger partial charge is 0.297 e. The average Bonchev–Trinajstić information content (AvgIpc) is 2.91. The maximum absolute atomic E-state index is 4.80. The van der Waals surface area contributed by atoms with Crippen LogP contribution in [0.15, 0.2) is 54.7 Å². The van der Waals surface area contributed by atoms with Gasteiger partial charge in [-0.3, -0.25) is 4.98 Å². The molecule has 24 heavy (non-hydrogen) atoms. The third-order valence-corrected chi connectivity index (χ3v) is 6.00. The number of aryl methyl sites for hydroxylation is 2. The molecule has 0 atom stereocenters. The Morgan fingerprint density at radius 1 is 1.00 bits per heavy atom. The average molecular weight is 424 g/mol. The number of aromatic nitrogens is 3. The van der Waals surface area contributed by atoms with Crippen molar-refractivity contribution in [3.63, 3.8) is 0 Å². The van der Waals surface area contributed by atoms with Crippen molar-refractivity contribution < 1.29 is 4.57 Å². The predicted molar refractivity (Wildman–Crippen MR) is 106 cm³/mol. The van der Waals surface area contributed by atoms with Gasteiger partial charge in [0, 0.05) is 15.2 Å². The second-order valence-corrected chi connectivity index (χ2v) is 7.34. The molecule has 0 fully saturated rings. The van der Waals surface area contributed by atoms with E-state index >= 15 is 0 Å². The molecule has 116 valence electrons. The predicted octanol–water partition coefficient (Wildman–Crippen LogP) is 4.53. The molecule has 3 heterocycles. The normalized spacial score (nSPS) is 12.0. The number of rotatable bonds is 0. The van der Waals surface area contributed by atoms with Gasteiger partial charge in [-0.05, 0) is 59.3 Å². The lowest BCUT2D eigenvalue weighted by Gasteiger charge is -2.07. The van der Waals surface area contributed by atoms with Crippen LogP contribution in [0.1, 0.15) is 5.56 Å². The molecule has 0 saturated heterocycles. The fourth-order valence-corrected chi connectivity index (χ4v) is 4.17. The molecule has 0 unspecified atom stereocenters. The monoisotopic (exact) mass is 424 g/mol. The second kappa shape index (κ2) is 4.89. The Bertz CT molecular complexity index is 1280. The van der Waals surface area contributed by atoms with E-state index in [1.165, 1.54) is 42.1 Å². The first-order valence-electron chi connectivity index (χ1n) is 7.93. The number of para-hydroxylation sites is 3. The van der Waals surface area contributed by atoms with Crippen LogP contribution in [0.4, 0.5) is 0 Å². The molecule has 4 heteroatoms. The van der Waals surface area contributed by atoms with Crippen LogP contribution in [0.2, 0.25) is 0 Å². The number of benzene rings is 2. The lowest BCUT2D eigenvalue weighted by Crippen LogP contribution is -2.27. The summed E-state index contributed by atoms with van der Waals surface area (Å²) in [4.78, 5) is 4.80. The maximum Gasteiger partial charge on any atom is 0.297 e. The van der Waals surface area contributed by atoms with Gasteiger partial charge in [-0.25, -0.2) is 4.57 Å². The van der Waals surface area contributed by atoms with Crippen molar-refractivity contribution in [3.8, 4) is 0 Å². The number of nitrogens with zero attached hydrogens (tertiary/aromatic N) is 3. The van der Waals surface area contributed by atoms with Gasteiger partial charge in [0.15, 0.2) is 11.0 Å². The van der Waals surface area contributed by atoms with E-state index in [0.717, 1.165) is 5.52 Å². The Kier molecular flexibility index (Phi) is 2.89. The Morgan fingerprint density at radius 2 is 1.71 bits per heavy atom. The van der Waals surface area contributed by atoms with Crippen molar-refractivity contribution in [2.45, 2.75) is 6.92 Å². The van der Waals surface area contributed by atoms with Gasteiger partial charge in [-0.1, -0.05) is 24.3 Å². The van der Waals surface area contributed by atoms with E-state index in [-0.39, 0.29) is 0 Å². The highest BCUT2D eigenvalue weighted by atomic mass is 127. The summed E-state index contributed by atoms with van der Waals surface area (Å²) in [5, 5.41) is 2.43. The fraction of sp³-hybridized carbons (Fsp3) is 0.100. The van der Waals surface area contributed by atoms with Gasteiger partial charge in [0.25, 0.3) is 5.65 Å². The molecule has 0 spiro atoms. The number of fused-ring (bicyclic) bond motifs is 8. The van der Waals surface area contributed by atoms with Crippen LogP contribution in [-0.2, 0) is 7.05 Å². The van der Waals surface area contributed by atoms with Crippen molar-refractivity contribution in [2.24, 2.45) is 7.05 Å². The Labute approximate surface area is 152 Å². The Morgan fingerprint density at radius 3 is 2.54 bits per heavy atom. The summed E-state index contributed by atoms with van der Waals surface area (Å²) in [7, 11) is 2.14. The summed E-state index contributed by atoms with van der Waals surface area (Å²) in [5.41, 5.74) is 7.22. The lowest BCUT2D eigenvalue weighted by molar-refractivity contribution is -0.617. The van der Waals surface area contributed by atoms with Crippen LogP contribution in [0.3, 0.4) is 0 Å². The molecule has 5 rings (SSSR count). The molecular formula is C20H15IN3+. The summed E-state index contributed by atoms with van der Waals surface area (Å²) >= 11 is 2.38. The molecular weight excluding hydrogens is 409 g/mol. The highest BCUT2D eigenvalue weighted by molar-refractivity contribution is 14.1. The SMILES string of the molecule is Cc1c(I)cnc2c3ccccc3n3c4ccccc4[n+](C)c3c12. The van der Waals surface area contributed by atoms with Crippen LogP contribution in [0.25, 0.3) is 38.5 Å². The van der Waals surface area contributed by atoms with E-state index < -0.39 is 0 Å². The summed E-state index contributed by atoms with van der Waals surface area (Å²) < 4.78 is 5.86. The van der Waals surface area contributed by atoms with Gasteiger partial charge in [-0.2, -0.15) is 4.40 Å². The minimum absolute atomic E-state index is 1.08. The van der Waals surface area contributed by atoms with Gasteiger partial charge in [0.1, 0.15) is 5.52 Å². The van der Waals surface area contributed by atoms with E-state index in [1.807, 2.05) is 6.20 Å². The van der Waals surface area contributed by atoms with E-state index in [9.17, 15) is 0 Å². The van der Waals surface area contributed by atoms with E-state index in [2.05, 4.69) is 94.1 Å². The number of imidazole rings is 1.